The van der Waals surface area contributed by atoms with E-state index in [0.29, 0.717) is 5.56 Å². The molecule has 0 unspecified atom stereocenters. The largest absolute Gasteiger partial charge is 0.508 e. The standard InChI is InChI=1S/C16H12BrNO2.Cl3OP/c1-10-15(9-19)14-8-11(17)2-7-16(14)18(10)12-3-5-13(20)6-4-12;1-5(2,3)4/h2-9,20H,1H3;. The van der Waals surface area contributed by atoms with Crippen molar-refractivity contribution in [2.45, 2.75) is 6.92 Å². The van der Waals surface area contributed by atoms with Crippen LogP contribution in [0.2, 0.25) is 0 Å². The van der Waals surface area contributed by atoms with Crippen molar-refractivity contribution in [1.29, 1.82) is 0 Å². The van der Waals surface area contributed by atoms with E-state index in [9.17, 15) is 14.5 Å². The molecule has 4 nitrogen and oxygen atoms in total. The van der Waals surface area contributed by atoms with Crippen molar-refractivity contribution in [2.24, 2.45) is 0 Å². The van der Waals surface area contributed by atoms with Gasteiger partial charge < -0.3 is 9.67 Å². The third kappa shape index (κ3) is 5.25. The van der Waals surface area contributed by atoms with Gasteiger partial charge in [0.2, 0.25) is 0 Å². The van der Waals surface area contributed by atoms with Gasteiger partial charge in [-0.2, -0.15) is 0 Å². The molecule has 1 aromatic heterocycles. The molecule has 0 fully saturated rings. The van der Waals surface area contributed by atoms with Crippen molar-refractivity contribution in [3.63, 3.8) is 0 Å². The number of aldehydes is 1. The third-order valence-electron chi connectivity index (χ3n) is 3.44. The second-order valence-corrected chi connectivity index (χ2v) is 12.6. The van der Waals surface area contributed by atoms with Crippen LogP contribution in [-0.2, 0) is 4.57 Å². The van der Waals surface area contributed by atoms with Gasteiger partial charge in [-0.3, -0.25) is 9.36 Å². The Labute approximate surface area is 167 Å². The number of rotatable bonds is 2. The maximum absolute atomic E-state index is 11.4. The van der Waals surface area contributed by atoms with E-state index in [-0.39, 0.29) is 5.75 Å². The first-order chi connectivity index (χ1) is 11.6. The number of aromatic hydroxyl groups is 1. The molecule has 0 saturated carbocycles. The first-order valence-corrected chi connectivity index (χ1v) is 12.1. The molecule has 0 amide bonds. The summed E-state index contributed by atoms with van der Waals surface area (Å²) in [6.07, 6.45) is 0.890. The fraction of sp³-hybridized carbons (Fsp3) is 0.0625. The second-order valence-electron chi connectivity index (χ2n) is 5.03. The second kappa shape index (κ2) is 8.15. The Balaban J connectivity index is 0.000000399. The van der Waals surface area contributed by atoms with E-state index < -0.39 is 5.20 Å². The fourth-order valence-electron chi connectivity index (χ4n) is 2.50. The molecule has 0 aliphatic carbocycles. The first kappa shape index (κ1) is 20.3. The number of hydrogen-bond acceptors (Lipinski definition) is 3. The molecule has 25 heavy (non-hydrogen) atoms. The molecule has 0 radical (unpaired) electrons. The molecular formula is C16H12BrCl3NO3P. The number of aromatic nitrogens is 1. The van der Waals surface area contributed by atoms with Crippen LogP contribution < -0.4 is 0 Å². The monoisotopic (exact) mass is 481 g/mol. The van der Waals surface area contributed by atoms with Crippen LogP contribution in [0.5, 0.6) is 5.75 Å². The van der Waals surface area contributed by atoms with E-state index in [1.54, 1.807) is 12.1 Å². The van der Waals surface area contributed by atoms with Gasteiger partial charge in [0.05, 0.1) is 5.52 Å². The van der Waals surface area contributed by atoms with E-state index >= 15 is 0 Å². The van der Waals surface area contributed by atoms with Crippen molar-refractivity contribution >= 4 is 72.0 Å². The minimum Gasteiger partial charge on any atom is -0.508 e. The summed E-state index contributed by atoms with van der Waals surface area (Å²) in [5, 5.41) is 7.10. The van der Waals surface area contributed by atoms with Crippen molar-refractivity contribution in [3.8, 4) is 11.4 Å². The van der Waals surface area contributed by atoms with Gasteiger partial charge in [-0.15, -0.1) is 0 Å². The molecule has 1 N–H and O–H groups in total. The van der Waals surface area contributed by atoms with Crippen molar-refractivity contribution in [2.75, 3.05) is 0 Å². The quantitative estimate of drug-likeness (QED) is 0.314. The lowest BCUT2D eigenvalue weighted by molar-refractivity contribution is 0.112. The summed E-state index contributed by atoms with van der Waals surface area (Å²) in [4.78, 5) is 11.4. The maximum atomic E-state index is 11.4. The minimum absolute atomic E-state index is 0.223. The highest BCUT2D eigenvalue weighted by molar-refractivity contribution is 9.10. The Morgan fingerprint density at radius 2 is 1.68 bits per heavy atom. The van der Waals surface area contributed by atoms with Crippen LogP contribution in [0.4, 0.5) is 0 Å². The molecule has 2 aromatic carbocycles. The molecule has 1 heterocycles. The van der Waals surface area contributed by atoms with Crippen molar-refractivity contribution < 1.29 is 14.5 Å². The summed E-state index contributed by atoms with van der Waals surface area (Å²) >= 11 is 17.3. The molecule has 3 rings (SSSR count). The molecule has 3 aromatic rings. The summed E-state index contributed by atoms with van der Waals surface area (Å²) < 4.78 is 12.5. The van der Waals surface area contributed by atoms with E-state index in [2.05, 4.69) is 49.7 Å². The van der Waals surface area contributed by atoms with Crippen molar-refractivity contribution in [3.05, 3.63) is 58.2 Å². The van der Waals surface area contributed by atoms with Crippen LogP contribution in [0.3, 0.4) is 0 Å². The lowest BCUT2D eigenvalue weighted by Crippen LogP contribution is -1.96. The summed E-state index contributed by atoms with van der Waals surface area (Å²) in [5.41, 5.74) is 3.47. The van der Waals surface area contributed by atoms with Crippen LogP contribution in [0.25, 0.3) is 16.6 Å². The molecule has 0 aliphatic heterocycles. The number of nitrogens with zero attached hydrogens (tertiary/aromatic N) is 1. The van der Waals surface area contributed by atoms with Gasteiger partial charge in [0.25, 0.3) is 0 Å². The number of fused-ring (bicyclic) bond motifs is 1. The predicted molar refractivity (Wildman–Crippen MR) is 108 cm³/mol. The Hall–Kier alpha value is -0.970. The van der Waals surface area contributed by atoms with Crippen LogP contribution >= 0.6 is 54.9 Å². The lowest BCUT2D eigenvalue weighted by Gasteiger charge is -2.08. The topological polar surface area (TPSA) is 59.3 Å². The van der Waals surface area contributed by atoms with E-state index in [1.165, 1.54) is 0 Å². The maximum Gasteiger partial charge on any atom is 0.339 e. The first-order valence-electron chi connectivity index (χ1n) is 6.86. The molecule has 0 atom stereocenters. The normalized spacial score (nSPS) is 11.1. The predicted octanol–water partition coefficient (Wildman–Crippen LogP) is 7.03. The van der Waals surface area contributed by atoms with Crippen molar-refractivity contribution in [1.82, 2.24) is 4.57 Å². The summed E-state index contributed by atoms with van der Waals surface area (Å²) in [5.74, 6) is 0.223. The summed E-state index contributed by atoms with van der Waals surface area (Å²) in [6, 6.07) is 12.8. The molecule has 0 saturated heterocycles. The highest BCUT2D eigenvalue weighted by Gasteiger charge is 2.15. The number of phenols is 1. The zero-order valence-corrected chi connectivity index (χ0v) is 17.5. The number of hydrogen-bond donors (Lipinski definition) is 1. The van der Waals surface area contributed by atoms with Gasteiger partial charge in [-0.1, -0.05) is 15.9 Å². The molecule has 132 valence electrons. The Bertz CT molecular complexity index is 959. The molecule has 9 heteroatoms. The number of benzene rings is 2. The van der Waals surface area contributed by atoms with Gasteiger partial charge in [0.1, 0.15) is 5.75 Å². The molecule has 0 aliphatic rings. The van der Waals surface area contributed by atoms with Gasteiger partial charge in [0, 0.05) is 26.8 Å². The highest BCUT2D eigenvalue weighted by atomic mass is 79.9. The van der Waals surface area contributed by atoms with Gasteiger partial charge >= 0.3 is 5.20 Å². The SMILES string of the molecule is Cc1c(C=O)c2cc(Br)ccc2n1-c1ccc(O)cc1.O=P(Cl)(Cl)Cl. The van der Waals surface area contributed by atoms with Crippen LogP contribution in [-0.4, -0.2) is 16.0 Å². The Morgan fingerprint density at radius 1 is 1.12 bits per heavy atom. The molecular weight excluding hydrogens is 471 g/mol. The molecule has 0 bridgehead atoms. The summed E-state index contributed by atoms with van der Waals surface area (Å²) in [7, 11) is 0. The number of phenolic OH excluding ortho intramolecular Hbond substituents is 1. The van der Waals surface area contributed by atoms with Gasteiger partial charge in [0.15, 0.2) is 6.29 Å². The van der Waals surface area contributed by atoms with E-state index in [1.807, 2.05) is 41.8 Å². The van der Waals surface area contributed by atoms with Gasteiger partial charge in [-0.25, -0.2) is 0 Å². The van der Waals surface area contributed by atoms with Crippen LogP contribution in [0.1, 0.15) is 16.1 Å². The lowest BCUT2D eigenvalue weighted by atomic mass is 10.1. The zero-order chi connectivity index (χ0) is 18.8. The average molecular weight is 484 g/mol. The van der Waals surface area contributed by atoms with E-state index in [4.69, 9.17) is 0 Å². The van der Waals surface area contributed by atoms with Crippen LogP contribution in [0.15, 0.2) is 46.9 Å². The smallest absolute Gasteiger partial charge is 0.339 e. The fourth-order valence-corrected chi connectivity index (χ4v) is 2.86. The Morgan fingerprint density at radius 3 is 2.20 bits per heavy atom. The zero-order valence-electron chi connectivity index (χ0n) is 12.8. The number of halogens is 4. The van der Waals surface area contributed by atoms with Gasteiger partial charge in [-0.05, 0) is 83.1 Å². The average Bonchev–Trinajstić information content (AvgIpc) is 2.77. The summed E-state index contributed by atoms with van der Waals surface area (Å²) in [6.45, 7) is 1.92. The third-order valence-corrected chi connectivity index (χ3v) is 3.93. The Kier molecular flexibility index (Phi) is 6.63. The number of carbonyl (C=O) groups is 1. The highest BCUT2D eigenvalue weighted by Crippen LogP contribution is 2.61. The number of carbonyl (C=O) groups excluding carboxylic acids is 1. The minimum atomic E-state index is -3.22. The molecule has 0 spiro atoms. The van der Waals surface area contributed by atoms with E-state index in [0.717, 1.165) is 33.0 Å². The van der Waals surface area contributed by atoms with Crippen LogP contribution in [0, 0.1) is 6.92 Å².